The molecule has 8 aliphatic heterocycles. The largest absolute Gasteiger partial charge is 0.406 e. The lowest BCUT2D eigenvalue weighted by Gasteiger charge is -2.40. The van der Waals surface area contributed by atoms with E-state index >= 15 is 0 Å². The summed E-state index contributed by atoms with van der Waals surface area (Å²) in [5, 5.41) is 0. The lowest BCUT2D eigenvalue weighted by atomic mass is 10.2. The van der Waals surface area contributed by atoms with Gasteiger partial charge in [0.1, 0.15) is 13.1 Å². The Morgan fingerprint density at radius 1 is 0.356 bits per heavy atom. The number of rotatable bonds is 21. The highest BCUT2D eigenvalue weighted by molar-refractivity contribution is 7.88. The van der Waals surface area contributed by atoms with Crippen molar-refractivity contribution in [2.24, 2.45) is 11.8 Å². The first kappa shape index (κ1) is 103. The van der Waals surface area contributed by atoms with Gasteiger partial charge in [0, 0.05) is 226 Å². The Labute approximate surface area is 834 Å². The van der Waals surface area contributed by atoms with Crippen LogP contribution in [0.1, 0.15) is 40.5 Å². The number of fused-ring (bicyclic) bond motifs is 4. The van der Waals surface area contributed by atoms with Gasteiger partial charge in [-0.15, -0.1) is 0 Å². The van der Waals surface area contributed by atoms with Crippen LogP contribution in [-0.2, 0) is 80.0 Å². The third kappa shape index (κ3) is 23.7. The Bertz CT molecular complexity index is 6830. The smallest absolute Gasteiger partial charge is 0.378 e. The number of imidazole rings is 4. The van der Waals surface area contributed by atoms with Gasteiger partial charge in [0.2, 0.25) is 83.6 Å². The van der Waals surface area contributed by atoms with E-state index in [4.69, 9.17) is 71.8 Å². The van der Waals surface area contributed by atoms with Gasteiger partial charge in [0.25, 0.3) is 0 Å². The van der Waals surface area contributed by atoms with Crippen molar-refractivity contribution in [3.63, 3.8) is 0 Å². The number of amides is 1. The summed E-state index contributed by atoms with van der Waals surface area (Å²) in [5.41, 5.74) is 28.2. The number of carbonyl (C=O) groups excluding carboxylic acids is 1. The summed E-state index contributed by atoms with van der Waals surface area (Å²) >= 11 is 0. The van der Waals surface area contributed by atoms with Crippen LogP contribution >= 0.6 is 0 Å². The summed E-state index contributed by atoms with van der Waals surface area (Å²) < 4.78 is 188. The molecule has 146 heavy (non-hydrogen) atoms. The summed E-state index contributed by atoms with van der Waals surface area (Å²) in [6.45, 7) is 21.1. The van der Waals surface area contributed by atoms with E-state index in [1.54, 1.807) is 39.5 Å². The first-order valence-corrected chi connectivity index (χ1v) is 53.2. The molecule has 0 aromatic carbocycles. The van der Waals surface area contributed by atoms with Crippen molar-refractivity contribution >= 4 is 151 Å². The molecule has 8 N–H and O–H groups in total. The van der Waals surface area contributed by atoms with Crippen LogP contribution < -0.4 is 62.1 Å². The van der Waals surface area contributed by atoms with E-state index < -0.39 is 55.5 Å². The minimum atomic E-state index is -4.56. The fraction of sp³-hybridized carbons (Fsp3) is 0.570. The minimum Gasteiger partial charge on any atom is -0.378 e. The number of anilines is 12. The Hall–Kier alpha value is -13.3. The number of aromatic nitrogens is 24. The van der Waals surface area contributed by atoms with Gasteiger partial charge in [-0.3, -0.25) is 23.1 Å². The third-order valence-corrected chi connectivity index (χ3v) is 29.7. The molecule has 1 amide bonds. The van der Waals surface area contributed by atoms with E-state index in [1.807, 2.05) is 16.7 Å². The number of hydrogen-bond acceptors (Lipinski definition) is 43. The zero-order valence-corrected chi connectivity index (χ0v) is 83.9. The predicted octanol–water partition coefficient (Wildman–Crippen LogP) is 2.30. The molecule has 51 nitrogen and oxygen atoms in total. The number of ether oxygens (including phenoxy) is 4. The van der Waals surface area contributed by atoms with Gasteiger partial charge in [-0.05, 0) is 31.6 Å². The van der Waals surface area contributed by atoms with E-state index in [2.05, 4.69) is 112 Å². The number of nitrogens with zero attached hydrogens (tertiary/aromatic N) is 36. The summed E-state index contributed by atoms with van der Waals surface area (Å²) in [6, 6.07) is -0.197. The van der Waals surface area contributed by atoms with E-state index in [0.717, 1.165) is 67.8 Å². The normalized spacial score (nSPS) is 18.7. The van der Waals surface area contributed by atoms with Crippen molar-refractivity contribution < 1.29 is 75.3 Å². The maximum Gasteiger partial charge on any atom is 0.406 e. The Morgan fingerprint density at radius 2 is 0.610 bits per heavy atom. The second-order valence-electron chi connectivity index (χ2n) is 37.0. The first-order chi connectivity index (χ1) is 69.7. The zero-order chi connectivity index (χ0) is 103. The molecular weight excluding hydrogens is 1980 g/mol. The number of sulfonamides is 3. The number of piperazine rings is 4. The highest BCUT2D eigenvalue weighted by Crippen LogP contribution is 2.42. The van der Waals surface area contributed by atoms with Gasteiger partial charge >= 0.3 is 12.4 Å². The van der Waals surface area contributed by atoms with E-state index in [9.17, 15) is 56.4 Å². The molecule has 12 aromatic rings. The molecule has 0 radical (unpaired) electrons. The average Bonchev–Trinajstić information content (AvgIpc) is 1.60. The number of nitrogens with two attached hydrogens (primary N) is 4. The lowest BCUT2D eigenvalue weighted by Crippen LogP contribution is -2.54. The maximum atomic E-state index is 13.8. The van der Waals surface area contributed by atoms with E-state index in [1.165, 1.54) is 70.0 Å². The molecule has 1 saturated carbocycles. The van der Waals surface area contributed by atoms with E-state index in [0.29, 0.717) is 241 Å². The monoisotopic (exact) mass is 2090 g/mol. The average molecular weight is 2090 g/mol. The number of carbonyl (C=O) groups is 1. The molecule has 0 bridgehead atoms. The third-order valence-electron chi connectivity index (χ3n) is 25.8. The zero-order valence-electron chi connectivity index (χ0n) is 81.4. The number of morpholine rings is 4. The molecule has 0 spiro atoms. The molecule has 20 heterocycles. The van der Waals surface area contributed by atoms with Gasteiger partial charge in [-0.1, -0.05) is 13.8 Å². The lowest BCUT2D eigenvalue weighted by molar-refractivity contribution is -0.140. The van der Waals surface area contributed by atoms with Crippen LogP contribution in [0.15, 0.2) is 49.6 Å². The van der Waals surface area contributed by atoms with Gasteiger partial charge < -0.3 is 86.0 Å². The number of nitrogen functional groups attached to an aromatic ring is 4. The van der Waals surface area contributed by atoms with Crippen molar-refractivity contribution in [1.82, 2.24) is 136 Å². The molecule has 60 heteroatoms. The van der Waals surface area contributed by atoms with Gasteiger partial charge in [-0.2, -0.15) is 39.3 Å². The van der Waals surface area contributed by atoms with Crippen molar-refractivity contribution in [1.29, 1.82) is 0 Å². The van der Waals surface area contributed by atoms with Gasteiger partial charge in [0.05, 0.1) is 93.9 Å². The van der Waals surface area contributed by atoms with Crippen LogP contribution in [0.3, 0.4) is 0 Å². The van der Waals surface area contributed by atoms with Crippen LogP contribution in [0.25, 0.3) is 90.2 Å². The summed E-state index contributed by atoms with van der Waals surface area (Å²) in [5.74, 6) is 6.73. The molecule has 9 fully saturated rings. The van der Waals surface area contributed by atoms with Crippen molar-refractivity contribution in [3.05, 3.63) is 49.6 Å². The fourth-order valence-corrected chi connectivity index (χ4v) is 20.8. The van der Waals surface area contributed by atoms with Crippen LogP contribution in [0.5, 0.6) is 0 Å². The van der Waals surface area contributed by atoms with Gasteiger partial charge in [0.15, 0.2) is 91.2 Å². The summed E-state index contributed by atoms with van der Waals surface area (Å²) in [4.78, 5) is 119. The first-order valence-electron chi connectivity index (χ1n) is 47.7. The van der Waals surface area contributed by atoms with E-state index in [-0.39, 0.29) is 108 Å². The molecule has 9 aliphatic rings. The molecule has 21 rings (SSSR count). The number of halogens is 6. The molecule has 1 atom stereocenters. The molecule has 0 unspecified atom stereocenters. The van der Waals surface area contributed by atoms with Gasteiger partial charge in [-0.25, -0.2) is 125 Å². The summed E-state index contributed by atoms with van der Waals surface area (Å²) in [7, 11) is -9.86. The fourth-order valence-electron chi connectivity index (χ4n) is 18.4. The standard InChI is InChI=1S/C22H27F3N10O2.C22H30N10O3S.C22H32N10O3S.C20H25F3N10O3S/c1-13-11-33(3-4-34(13)14(2)36)21-29-16-18(32-5-7-37-8-6-32)30-17(15-9-27-20(26)28-10-15)31-19(16)35(21)12-22(23,24)25;1-36(33,34)31-6-4-30(5-7-31)22-26-17-19(29-8-10-35-11-9-29)27-18(16-12-24-21(23)25-13-16)28-20(17)32(22)14-15-2-3-15;1-15(2)14-32-20-17(26-22(32)30-4-6-31(7-5-30)36(3,33)34)19(29-8-10-35-11-9-29)27-18(28-20)16-12-24-21(23)25-13-16;1-37(34,35)32-4-2-31(3-5-32)19-27-14-16(30-6-8-36-9-7-30)28-15(13-10-25-18(24)26-11-13)29-17(14)33(19)12-20(21,22)23/h9-10,13H,3-8,11-12H2,1-2H3,(H2,26,27,28);12-13,15H,2-11,14H2,1H3,(H2,23,24,25);12-13,15H,4-11,14H2,1-3H3,(H2,23,24,25);10-11H,2-9,12H2,1H3,(H2,24,25,26)/t13-;;;/m1.../s1. The minimum absolute atomic E-state index is 0.00110. The molecule has 1 aliphatic carbocycles. The predicted molar refractivity (Wildman–Crippen MR) is 530 cm³/mol. The van der Waals surface area contributed by atoms with Crippen molar-refractivity contribution in [2.45, 2.75) is 85.1 Å². The van der Waals surface area contributed by atoms with Crippen LogP contribution in [-0.4, -0.2) is 407 Å². The highest BCUT2D eigenvalue weighted by atomic mass is 32.2. The second-order valence-corrected chi connectivity index (χ2v) is 42.9. The topological polar surface area (TPSA) is 577 Å². The summed E-state index contributed by atoms with van der Waals surface area (Å²) in [6.07, 6.45) is 9.10. The SMILES string of the molecule is CC(=O)N1CCN(c2nc3c(N4CCOCC4)nc(-c4cnc(N)nc4)nc3n2CC(F)(F)F)C[C@H]1C.CC(C)Cn1c(N2CCN(S(C)(=O)=O)CC2)nc2c(N3CCOCC3)nc(-c3cnc(N)nc3)nc21.CS(=O)(=O)N1CCN(c2nc3c(N4CCOCC4)nc(-c4cnc(N)nc4)nc3n2CC(F)(F)F)CC1.CS(=O)(=O)N1CCN(c2nc3c(N4CCOCC4)nc(-c4cnc(N)nc4)nc3n2CC2CC2)CC1. The Morgan fingerprint density at radius 3 is 0.863 bits per heavy atom. The highest BCUT2D eigenvalue weighted by Gasteiger charge is 2.41. The molecular formula is C86H114F6N40O11S3. The molecule has 12 aromatic heterocycles. The van der Waals surface area contributed by atoms with Crippen LogP contribution in [0.2, 0.25) is 0 Å². The molecule has 8 saturated heterocycles. The quantitative estimate of drug-likeness (QED) is 0.0750. The van der Waals surface area contributed by atoms with Crippen LogP contribution in [0, 0.1) is 11.8 Å². The second kappa shape index (κ2) is 42.7. The Kier molecular flexibility index (Phi) is 30.0. The maximum absolute atomic E-state index is 13.8. The van der Waals surface area contributed by atoms with Crippen LogP contribution in [0.4, 0.5) is 97.2 Å². The number of hydrogen-bond donors (Lipinski definition) is 4. The molecule has 784 valence electrons. The Balaban J connectivity index is 0.000000128. The van der Waals surface area contributed by atoms with Crippen molar-refractivity contribution in [2.75, 3.05) is 284 Å². The number of alkyl halides is 6. The van der Waals surface area contributed by atoms with Crippen molar-refractivity contribution in [3.8, 4) is 45.6 Å².